The number of hydrogen-bond acceptors (Lipinski definition) is 4. The molecule has 1 aromatic carbocycles. The lowest BCUT2D eigenvalue weighted by atomic mass is 10.1. The number of ether oxygens (including phenoxy) is 1. The van der Waals surface area contributed by atoms with Crippen LogP contribution in [0.3, 0.4) is 0 Å². The molecule has 0 aliphatic carbocycles. The number of hydrogen-bond donors (Lipinski definition) is 2. The zero-order valence-electron chi connectivity index (χ0n) is 13.5. The molecule has 0 radical (unpaired) electrons. The van der Waals surface area contributed by atoms with Gasteiger partial charge in [-0.25, -0.2) is 4.68 Å². The van der Waals surface area contributed by atoms with Crippen LogP contribution in [0.25, 0.3) is 5.69 Å². The lowest BCUT2D eigenvalue weighted by Gasteiger charge is -2.23. The van der Waals surface area contributed by atoms with Crippen LogP contribution in [0.4, 0.5) is 0 Å². The standard InChI is InChI=1S/C17H22N4O2/c1-12-9-13(2)21(20-12)16-6-4-3-5-14(16)10-19-17(22)15-11-23-8-7-18-15/h3-6,9,15,18H,7-8,10-11H2,1-2H3,(H,19,22). The average molecular weight is 314 g/mol. The minimum Gasteiger partial charge on any atom is -0.378 e. The van der Waals surface area contributed by atoms with Crippen molar-refractivity contribution in [3.63, 3.8) is 0 Å². The maximum atomic E-state index is 12.2. The van der Waals surface area contributed by atoms with E-state index in [1.165, 1.54) is 0 Å². The summed E-state index contributed by atoms with van der Waals surface area (Å²) in [6, 6.07) is 9.75. The Morgan fingerprint density at radius 2 is 2.26 bits per heavy atom. The maximum Gasteiger partial charge on any atom is 0.239 e. The topological polar surface area (TPSA) is 68.2 Å². The minimum absolute atomic E-state index is 0.0344. The first-order valence-electron chi connectivity index (χ1n) is 7.85. The number of nitrogens with one attached hydrogen (secondary N) is 2. The van der Waals surface area contributed by atoms with Crippen LogP contribution in [-0.4, -0.2) is 41.5 Å². The van der Waals surface area contributed by atoms with Gasteiger partial charge in [0.15, 0.2) is 0 Å². The van der Waals surface area contributed by atoms with E-state index in [0.717, 1.165) is 22.6 Å². The molecular formula is C17H22N4O2. The Labute approximate surface area is 135 Å². The predicted molar refractivity (Wildman–Crippen MR) is 87.5 cm³/mol. The van der Waals surface area contributed by atoms with E-state index in [1.807, 2.05) is 48.9 Å². The Morgan fingerprint density at radius 3 is 2.96 bits per heavy atom. The monoisotopic (exact) mass is 314 g/mol. The molecule has 3 rings (SSSR count). The highest BCUT2D eigenvalue weighted by Crippen LogP contribution is 2.17. The number of morpholine rings is 1. The molecule has 1 unspecified atom stereocenters. The molecule has 0 bridgehead atoms. The van der Waals surface area contributed by atoms with Crippen molar-refractivity contribution in [3.05, 3.63) is 47.3 Å². The Morgan fingerprint density at radius 1 is 1.43 bits per heavy atom. The van der Waals surface area contributed by atoms with Crippen LogP contribution in [0.2, 0.25) is 0 Å². The molecule has 6 heteroatoms. The number of carbonyl (C=O) groups excluding carboxylic acids is 1. The van der Waals surface area contributed by atoms with Crippen molar-refractivity contribution in [2.45, 2.75) is 26.4 Å². The number of benzene rings is 1. The Balaban J connectivity index is 1.73. The van der Waals surface area contributed by atoms with E-state index in [-0.39, 0.29) is 11.9 Å². The maximum absolute atomic E-state index is 12.2. The summed E-state index contributed by atoms with van der Waals surface area (Å²) in [7, 11) is 0. The first-order chi connectivity index (χ1) is 11.1. The van der Waals surface area contributed by atoms with Gasteiger partial charge in [0.25, 0.3) is 0 Å². The number of nitrogens with zero attached hydrogens (tertiary/aromatic N) is 2. The van der Waals surface area contributed by atoms with Crippen molar-refractivity contribution in [1.29, 1.82) is 0 Å². The Hall–Kier alpha value is -2.18. The fourth-order valence-corrected chi connectivity index (χ4v) is 2.78. The molecule has 1 fully saturated rings. The molecule has 0 saturated carbocycles. The van der Waals surface area contributed by atoms with Gasteiger partial charge < -0.3 is 15.4 Å². The van der Waals surface area contributed by atoms with E-state index < -0.39 is 0 Å². The first kappa shape index (κ1) is 15.7. The van der Waals surface area contributed by atoms with Crippen LogP contribution in [0.15, 0.2) is 30.3 Å². The van der Waals surface area contributed by atoms with Gasteiger partial charge in [-0.2, -0.15) is 5.10 Å². The molecule has 6 nitrogen and oxygen atoms in total. The number of aryl methyl sites for hydroxylation is 2. The Kier molecular flexibility index (Phi) is 4.73. The highest BCUT2D eigenvalue weighted by Gasteiger charge is 2.21. The highest BCUT2D eigenvalue weighted by molar-refractivity contribution is 5.82. The zero-order chi connectivity index (χ0) is 16.2. The summed E-state index contributed by atoms with van der Waals surface area (Å²) in [4.78, 5) is 12.2. The van der Waals surface area contributed by atoms with Crippen LogP contribution in [0.1, 0.15) is 17.0 Å². The van der Waals surface area contributed by atoms with E-state index in [1.54, 1.807) is 0 Å². The second-order valence-corrected chi connectivity index (χ2v) is 5.77. The number of carbonyl (C=O) groups is 1. The van der Waals surface area contributed by atoms with E-state index >= 15 is 0 Å². The summed E-state index contributed by atoms with van der Waals surface area (Å²) >= 11 is 0. The second kappa shape index (κ2) is 6.93. The smallest absolute Gasteiger partial charge is 0.239 e. The third-order valence-corrected chi connectivity index (χ3v) is 3.92. The molecule has 1 aliphatic rings. The summed E-state index contributed by atoms with van der Waals surface area (Å²) in [5.74, 6) is -0.0344. The van der Waals surface area contributed by atoms with Crippen molar-refractivity contribution < 1.29 is 9.53 Å². The van der Waals surface area contributed by atoms with Crippen molar-refractivity contribution >= 4 is 5.91 Å². The molecule has 23 heavy (non-hydrogen) atoms. The summed E-state index contributed by atoms with van der Waals surface area (Å²) in [6.07, 6.45) is 0. The van der Waals surface area contributed by atoms with Crippen molar-refractivity contribution in [2.24, 2.45) is 0 Å². The molecule has 2 N–H and O–H groups in total. The largest absolute Gasteiger partial charge is 0.378 e. The van der Waals surface area contributed by atoms with Crippen LogP contribution < -0.4 is 10.6 Å². The summed E-state index contributed by atoms with van der Waals surface area (Å²) in [5.41, 5.74) is 4.07. The van der Waals surface area contributed by atoms with Crippen LogP contribution >= 0.6 is 0 Å². The van der Waals surface area contributed by atoms with Gasteiger partial charge in [0.2, 0.25) is 5.91 Å². The Bertz CT molecular complexity index is 690. The molecule has 122 valence electrons. The minimum atomic E-state index is -0.274. The lowest BCUT2D eigenvalue weighted by Crippen LogP contribution is -2.51. The average Bonchev–Trinajstić information content (AvgIpc) is 2.92. The highest BCUT2D eigenvalue weighted by atomic mass is 16.5. The normalized spacial score (nSPS) is 17.9. The number of aromatic nitrogens is 2. The molecule has 2 aromatic rings. The number of amides is 1. The molecule has 1 aromatic heterocycles. The third-order valence-electron chi connectivity index (χ3n) is 3.92. The molecular weight excluding hydrogens is 292 g/mol. The molecule has 1 saturated heterocycles. The van der Waals surface area contributed by atoms with Crippen LogP contribution in [0, 0.1) is 13.8 Å². The molecule has 1 atom stereocenters. The van der Waals surface area contributed by atoms with E-state index in [9.17, 15) is 4.79 Å². The van der Waals surface area contributed by atoms with Gasteiger partial charge in [0.1, 0.15) is 6.04 Å². The summed E-state index contributed by atoms with van der Waals surface area (Å²) < 4.78 is 7.24. The molecule has 1 aliphatic heterocycles. The SMILES string of the molecule is Cc1cc(C)n(-c2ccccc2CNC(=O)C2COCCN2)n1. The van der Waals surface area contributed by atoms with Crippen molar-refractivity contribution in [2.75, 3.05) is 19.8 Å². The van der Waals surface area contributed by atoms with E-state index in [4.69, 9.17) is 4.74 Å². The van der Waals surface area contributed by atoms with Gasteiger partial charge in [0.05, 0.1) is 24.6 Å². The van der Waals surface area contributed by atoms with Crippen molar-refractivity contribution in [1.82, 2.24) is 20.4 Å². The van der Waals surface area contributed by atoms with Gasteiger partial charge in [-0.3, -0.25) is 4.79 Å². The lowest BCUT2D eigenvalue weighted by molar-refractivity contribution is -0.126. The predicted octanol–water partition coefficient (Wildman–Crippen LogP) is 1.09. The summed E-state index contributed by atoms with van der Waals surface area (Å²) in [6.45, 7) is 6.25. The third kappa shape index (κ3) is 3.60. The van der Waals surface area contributed by atoms with Gasteiger partial charge in [-0.05, 0) is 31.5 Å². The summed E-state index contributed by atoms with van der Waals surface area (Å²) in [5, 5.41) is 10.7. The van der Waals surface area contributed by atoms with E-state index in [0.29, 0.717) is 26.3 Å². The fraction of sp³-hybridized carbons (Fsp3) is 0.412. The van der Waals surface area contributed by atoms with Gasteiger partial charge >= 0.3 is 0 Å². The number of rotatable bonds is 4. The zero-order valence-corrected chi connectivity index (χ0v) is 13.5. The number of para-hydroxylation sites is 1. The first-order valence-corrected chi connectivity index (χ1v) is 7.85. The second-order valence-electron chi connectivity index (χ2n) is 5.77. The van der Waals surface area contributed by atoms with Crippen LogP contribution in [0.5, 0.6) is 0 Å². The molecule has 2 heterocycles. The fourth-order valence-electron chi connectivity index (χ4n) is 2.78. The van der Waals surface area contributed by atoms with Gasteiger partial charge in [-0.15, -0.1) is 0 Å². The molecule has 0 spiro atoms. The quantitative estimate of drug-likeness (QED) is 0.886. The van der Waals surface area contributed by atoms with Crippen molar-refractivity contribution in [3.8, 4) is 5.69 Å². The van der Waals surface area contributed by atoms with Gasteiger partial charge in [0, 0.05) is 18.8 Å². The van der Waals surface area contributed by atoms with Gasteiger partial charge in [-0.1, -0.05) is 18.2 Å². The van der Waals surface area contributed by atoms with Crippen LogP contribution in [-0.2, 0) is 16.1 Å². The molecule has 1 amide bonds. The van der Waals surface area contributed by atoms with E-state index in [2.05, 4.69) is 15.7 Å².